The number of nitrogens with zero attached hydrogens (tertiary/aromatic N) is 4. The molecule has 0 saturated carbocycles. The van der Waals surface area contributed by atoms with Crippen molar-refractivity contribution in [3.05, 3.63) is 66.0 Å². The third-order valence-electron chi connectivity index (χ3n) is 6.17. The van der Waals surface area contributed by atoms with E-state index in [1.807, 2.05) is 31.2 Å². The molecule has 174 valence electrons. The molecule has 0 atom stereocenters. The van der Waals surface area contributed by atoms with Crippen LogP contribution in [0.15, 0.2) is 54.6 Å². The van der Waals surface area contributed by atoms with E-state index in [1.165, 1.54) is 12.8 Å². The van der Waals surface area contributed by atoms with Gasteiger partial charge in [-0.25, -0.2) is 14.5 Å². The maximum atomic E-state index is 12.5. The van der Waals surface area contributed by atoms with Gasteiger partial charge in [0.25, 0.3) is 0 Å². The molecule has 0 unspecified atom stereocenters. The van der Waals surface area contributed by atoms with Crippen LogP contribution < -0.4 is 15.0 Å². The lowest BCUT2D eigenvalue weighted by molar-refractivity contribution is 0.0594. The molecular formula is C26H27N5O3. The predicted molar refractivity (Wildman–Crippen MR) is 132 cm³/mol. The van der Waals surface area contributed by atoms with Gasteiger partial charge in [-0.3, -0.25) is 0 Å². The number of fused-ring (bicyclic) bond motifs is 1. The molecule has 0 bridgehead atoms. The zero-order valence-electron chi connectivity index (χ0n) is 19.5. The van der Waals surface area contributed by atoms with Crippen LogP contribution in [0.5, 0.6) is 5.75 Å². The van der Waals surface area contributed by atoms with Crippen LogP contribution in [-0.2, 0) is 4.74 Å². The second kappa shape index (κ2) is 9.15. The first-order valence-electron chi connectivity index (χ1n) is 11.3. The summed E-state index contributed by atoms with van der Waals surface area (Å²) in [5, 5.41) is 9.05. The Morgan fingerprint density at radius 1 is 1.00 bits per heavy atom. The summed E-state index contributed by atoms with van der Waals surface area (Å²) >= 11 is 0. The van der Waals surface area contributed by atoms with Gasteiger partial charge >= 0.3 is 5.97 Å². The molecule has 1 aliphatic rings. The number of pyridine rings is 1. The highest BCUT2D eigenvalue weighted by molar-refractivity contribution is 6.00. The average molecular weight is 458 g/mol. The van der Waals surface area contributed by atoms with Crippen LogP contribution in [0.4, 0.5) is 5.69 Å². The fourth-order valence-corrected chi connectivity index (χ4v) is 4.42. The summed E-state index contributed by atoms with van der Waals surface area (Å²) in [5.41, 5.74) is 5.52. The summed E-state index contributed by atoms with van der Waals surface area (Å²) in [5.74, 6) is 0.225. The Labute approximate surface area is 198 Å². The number of aryl methyl sites for hydroxylation is 1. The Balaban J connectivity index is 1.66. The van der Waals surface area contributed by atoms with Crippen LogP contribution in [0, 0.1) is 6.92 Å². The molecule has 3 heterocycles. The summed E-state index contributed by atoms with van der Waals surface area (Å²) in [6.07, 6.45) is 0. The fraction of sp³-hybridized carbons (Fsp3) is 0.269. The molecule has 0 spiro atoms. The number of hydrogen-bond acceptors (Lipinski definition) is 7. The van der Waals surface area contributed by atoms with E-state index in [-0.39, 0.29) is 5.69 Å². The Morgan fingerprint density at radius 3 is 2.47 bits per heavy atom. The Bertz CT molecular complexity index is 1340. The Morgan fingerprint density at radius 2 is 1.76 bits per heavy atom. The number of esters is 1. The third-order valence-corrected chi connectivity index (χ3v) is 6.17. The van der Waals surface area contributed by atoms with Crippen LogP contribution in [0.3, 0.4) is 0 Å². The summed E-state index contributed by atoms with van der Waals surface area (Å²) in [6.45, 7) is 5.89. The van der Waals surface area contributed by atoms with Crippen molar-refractivity contribution in [2.24, 2.45) is 0 Å². The lowest BCUT2D eigenvalue weighted by Crippen LogP contribution is -2.43. The van der Waals surface area contributed by atoms with E-state index in [0.29, 0.717) is 11.4 Å². The number of methoxy groups -OCH3 is 2. The molecule has 1 N–H and O–H groups in total. The number of nitrogens with one attached hydrogen (secondary N) is 1. The highest BCUT2D eigenvalue weighted by Crippen LogP contribution is 2.34. The zero-order chi connectivity index (χ0) is 23.7. The molecule has 8 nitrogen and oxygen atoms in total. The van der Waals surface area contributed by atoms with E-state index in [2.05, 4.69) is 39.5 Å². The van der Waals surface area contributed by atoms with Crippen LogP contribution in [-0.4, -0.2) is 61.1 Å². The van der Waals surface area contributed by atoms with E-state index >= 15 is 0 Å². The van der Waals surface area contributed by atoms with Gasteiger partial charge < -0.3 is 19.7 Å². The van der Waals surface area contributed by atoms with Gasteiger partial charge in [-0.05, 0) is 48.4 Å². The second-order valence-electron chi connectivity index (χ2n) is 8.23. The molecular weight excluding hydrogens is 430 g/mol. The predicted octanol–water partition coefficient (Wildman–Crippen LogP) is 3.60. The molecule has 34 heavy (non-hydrogen) atoms. The summed E-state index contributed by atoms with van der Waals surface area (Å²) in [6, 6.07) is 17.8. The smallest absolute Gasteiger partial charge is 0.356 e. The van der Waals surface area contributed by atoms with Crippen molar-refractivity contribution in [2.75, 3.05) is 45.3 Å². The standard InChI is InChI=1S/C26H27N5O3/c1-17-24-22(18-7-9-19(10-8-18)30-13-11-27-12-14-30)16-23(26(32)34-3)28-25(24)31(29-17)20-5-4-6-21(15-20)33-2/h4-10,15-16,27H,11-14H2,1-3H3. The molecule has 2 aromatic carbocycles. The molecule has 4 aromatic rings. The topological polar surface area (TPSA) is 81.5 Å². The number of hydrogen-bond donors (Lipinski definition) is 1. The van der Waals surface area contributed by atoms with Gasteiger partial charge in [0.15, 0.2) is 11.3 Å². The molecule has 0 radical (unpaired) electrons. The van der Waals surface area contributed by atoms with Crippen LogP contribution >= 0.6 is 0 Å². The van der Waals surface area contributed by atoms with Gasteiger partial charge in [-0.15, -0.1) is 0 Å². The number of piperazine rings is 1. The van der Waals surface area contributed by atoms with E-state index in [0.717, 1.165) is 54.1 Å². The van der Waals surface area contributed by atoms with Gasteiger partial charge in [0.1, 0.15) is 5.75 Å². The first-order valence-corrected chi connectivity index (χ1v) is 11.3. The van der Waals surface area contributed by atoms with Crippen molar-refractivity contribution < 1.29 is 14.3 Å². The summed E-state index contributed by atoms with van der Waals surface area (Å²) in [4.78, 5) is 19.5. The Hall–Kier alpha value is -3.91. The third kappa shape index (κ3) is 3.97. The minimum absolute atomic E-state index is 0.236. The largest absolute Gasteiger partial charge is 0.497 e. The normalized spacial score (nSPS) is 13.8. The van der Waals surface area contributed by atoms with E-state index in [1.54, 1.807) is 17.9 Å². The molecule has 1 aliphatic heterocycles. The minimum Gasteiger partial charge on any atom is -0.497 e. The van der Waals surface area contributed by atoms with Crippen molar-refractivity contribution >= 4 is 22.7 Å². The van der Waals surface area contributed by atoms with Crippen molar-refractivity contribution in [3.63, 3.8) is 0 Å². The SMILES string of the molecule is COC(=O)c1cc(-c2ccc(N3CCNCC3)cc2)c2c(C)nn(-c3cccc(OC)c3)c2n1. The van der Waals surface area contributed by atoms with Gasteiger partial charge in [-0.2, -0.15) is 5.10 Å². The fourth-order valence-electron chi connectivity index (χ4n) is 4.42. The molecule has 5 rings (SSSR count). The Kier molecular flexibility index (Phi) is 5.90. The monoisotopic (exact) mass is 457 g/mol. The zero-order valence-corrected chi connectivity index (χ0v) is 19.5. The maximum absolute atomic E-state index is 12.5. The van der Waals surface area contributed by atoms with Crippen LogP contribution in [0.2, 0.25) is 0 Å². The number of benzene rings is 2. The van der Waals surface area contributed by atoms with E-state index in [4.69, 9.17) is 14.6 Å². The second-order valence-corrected chi connectivity index (χ2v) is 8.23. The number of aromatic nitrogens is 3. The van der Waals surface area contributed by atoms with Crippen LogP contribution in [0.1, 0.15) is 16.2 Å². The highest BCUT2D eigenvalue weighted by Gasteiger charge is 2.21. The lowest BCUT2D eigenvalue weighted by Gasteiger charge is -2.29. The molecule has 1 fully saturated rings. The number of rotatable bonds is 5. The van der Waals surface area contributed by atoms with Gasteiger partial charge in [0.2, 0.25) is 0 Å². The molecule has 0 amide bonds. The average Bonchev–Trinajstić information content (AvgIpc) is 3.24. The summed E-state index contributed by atoms with van der Waals surface area (Å²) in [7, 11) is 2.99. The van der Waals surface area contributed by atoms with E-state index < -0.39 is 5.97 Å². The summed E-state index contributed by atoms with van der Waals surface area (Å²) < 4.78 is 12.1. The van der Waals surface area contributed by atoms with Crippen molar-refractivity contribution in [2.45, 2.75) is 6.92 Å². The van der Waals surface area contributed by atoms with Gasteiger partial charge in [0, 0.05) is 37.9 Å². The molecule has 0 aliphatic carbocycles. The quantitative estimate of drug-likeness (QED) is 0.459. The van der Waals surface area contributed by atoms with Crippen molar-refractivity contribution in [1.29, 1.82) is 0 Å². The van der Waals surface area contributed by atoms with E-state index in [9.17, 15) is 4.79 Å². The number of ether oxygens (including phenoxy) is 2. The lowest BCUT2D eigenvalue weighted by atomic mass is 10.0. The van der Waals surface area contributed by atoms with Gasteiger partial charge in [0.05, 0.1) is 31.0 Å². The van der Waals surface area contributed by atoms with Crippen molar-refractivity contribution in [3.8, 4) is 22.6 Å². The molecule has 1 saturated heterocycles. The first-order chi connectivity index (χ1) is 16.6. The molecule has 8 heteroatoms. The minimum atomic E-state index is -0.489. The number of carbonyl (C=O) groups excluding carboxylic acids is 1. The highest BCUT2D eigenvalue weighted by atomic mass is 16.5. The number of anilines is 1. The maximum Gasteiger partial charge on any atom is 0.356 e. The van der Waals surface area contributed by atoms with Gasteiger partial charge in [-0.1, -0.05) is 18.2 Å². The first kappa shape index (κ1) is 21.9. The van der Waals surface area contributed by atoms with Crippen LogP contribution in [0.25, 0.3) is 27.8 Å². The number of carbonyl (C=O) groups is 1. The molecule has 2 aromatic heterocycles. The van der Waals surface area contributed by atoms with Crippen molar-refractivity contribution in [1.82, 2.24) is 20.1 Å².